The average Bonchev–Trinajstić information content (AvgIpc) is 3.25. The molecule has 0 aliphatic heterocycles. The van der Waals surface area contributed by atoms with Crippen LogP contribution in [0.4, 0.5) is 0 Å². The monoisotopic (exact) mass is 354 g/mol. The number of aromatic amines is 1. The van der Waals surface area contributed by atoms with Crippen LogP contribution in [0.3, 0.4) is 0 Å². The van der Waals surface area contributed by atoms with Crippen molar-refractivity contribution < 1.29 is 19.1 Å². The molecule has 1 heterocycles. The number of hydrogen-bond donors (Lipinski definition) is 2. The zero-order valence-corrected chi connectivity index (χ0v) is 14.7. The van der Waals surface area contributed by atoms with Gasteiger partial charge in [0.05, 0.1) is 13.5 Å². The summed E-state index contributed by atoms with van der Waals surface area (Å²) < 4.78 is 4.65. The Hall–Kier alpha value is -2.89. The van der Waals surface area contributed by atoms with E-state index in [0.29, 0.717) is 18.4 Å². The smallest absolute Gasteiger partial charge is 0.305 e. The van der Waals surface area contributed by atoms with Gasteiger partial charge in [-0.3, -0.25) is 14.4 Å². The van der Waals surface area contributed by atoms with Crippen molar-refractivity contribution in [1.29, 1.82) is 0 Å². The van der Waals surface area contributed by atoms with Crippen LogP contribution in [0.25, 0.3) is 0 Å². The third-order valence-corrected chi connectivity index (χ3v) is 4.81. The average molecular weight is 354 g/mol. The van der Waals surface area contributed by atoms with E-state index in [1.54, 1.807) is 12.3 Å². The topological polar surface area (TPSA) is 88.3 Å². The van der Waals surface area contributed by atoms with Gasteiger partial charge in [0.25, 0.3) is 0 Å². The van der Waals surface area contributed by atoms with Gasteiger partial charge in [0.2, 0.25) is 6.41 Å². The van der Waals surface area contributed by atoms with Crippen LogP contribution < -0.4 is 5.32 Å². The molecule has 3 rings (SSSR count). The van der Waals surface area contributed by atoms with Crippen LogP contribution in [0.15, 0.2) is 30.5 Å². The fourth-order valence-corrected chi connectivity index (χ4v) is 3.48. The molecule has 1 atom stereocenters. The molecule has 0 spiro atoms. The lowest BCUT2D eigenvalue weighted by Gasteiger charge is -2.06. The highest BCUT2D eigenvalue weighted by molar-refractivity contribution is 5.98. The molecule has 1 unspecified atom stereocenters. The summed E-state index contributed by atoms with van der Waals surface area (Å²) in [5, 5.41) is 2.82. The van der Waals surface area contributed by atoms with Gasteiger partial charge in [0.15, 0.2) is 5.78 Å². The number of benzene rings is 1. The molecule has 1 amide bonds. The van der Waals surface area contributed by atoms with E-state index in [0.717, 1.165) is 30.5 Å². The van der Waals surface area contributed by atoms with Crippen LogP contribution >= 0.6 is 0 Å². The summed E-state index contributed by atoms with van der Waals surface area (Å²) in [6.07, 6.45) is 5.08. The molecule has 1 aliphatic rings. The Morgan fingerprint density at radius 1 is 1.27 bits per heavy atom. The normalized spacial score (nSPS) is 15.3. The maximum absolute atomic E-state index is 12.7. The summed E-state index contributed by atoms with van der Waals surface area (Å²) in [6, 6.07) is 7.97. The number of H-pyrrole nitrogens is 1. The Morgan fingerprint density at radius 2 is 2.08 bits per heavy atom. The molecule has 0 radical (unpaired) electrons. The van der Waals surface area contributed by atoms with E-state index in [-0.39, 0.29) is 24.2 Å². The molecule has 0 fully saturated rings. The molecule has 6 nitrogen and oxygen atoms in total. The predicted molar refractivity (Wildman–Crippen MR) is 96.0 cm³/mol. The van der Waals surface area contributed by atoms with Gasteiger partial charge in [-0.1, -0.05) is 18.2 Å². The van der Waals surface area contributed by atoms with E-state index in [9.17, 15) is 14.4 Å². The number of aromatic nitrogens is 1. The molecule has 2 aromatic rings. The van der Waals surface area contributed by atoms with E-state index in [1.807, 2.05) is 12.1 Å². The molecule has 26 heavy (non-hydrogen) atoms. The molecule has 1 aromatic heterocycles. The first-order valence-corrected chi connectivity index (χ1v) is 8.67. The van der Waals surface area contributed by atoms with E-state index >= 15 is 0 Å². The highest BCUT2D eigenvalue weighted by Gasteiger charge is 2.22. The number of fused-ring (bicyclic) bond motifs is 1. The van der Waals surface area contributed by atoms with Gasteiger partial charge >= 0.3 is 5.97 Å². The van der Waals surface area contributed by atoms with E-state index < -0.39 is 0 Å². The molecule has 6 heteroatoms. The van der Waals surface area contributed by atoms with Crippen molar-refractivity contribution in [1.82, 2.24) is 10.3 Å². The third-order valence-electron chi connectivity index (χ3n) is 4.81. The second kappa shape index (κ2) is 7.99. The number of Topliss-reactive ketones (excluding diaryl/α,β-unsaturated/α-hetero) is 1. The molecule has 0 bridgehead atoms. The number of ether oxygens (including phenoxy) is 1. The number of ketones is 1. The maximum Gasteiger partial charge on any atom is 0.305 e. The lowest BCUT2D eigenvalue weighted by atomic mass is 9.99. The largest absolute Gasteiger partial charge is 0.469 e. The minimum Gasteiger partial charge on any atom is -0.469 e. The first-order chi connectivity index (χ1) is 12.6. The van der Waals surface area contributed by atoms with Crippen molar-refractivity contribution >= 4 is 18.2 Å². The van der Waals surface area contributed by atoms with Gasteiger partial charge in [0.1, 0.15) is 0 Å². The summed E-state index contributed by atoms with van der Waals surface area (Å²) in [5.41, 5.74) is 4.75. The van der Waals surface area contributed by atoms with Crippen LogP contribution in [-0.4, -0.2) is 36.3 Å². The Kier molecular flexibility index (Phi) is 5.51. The zero-order chi connectivity index (χ0) is 18.5. The van der Waals surface area contributed by atoms with Gasteiger partial charge in [-0.05, 0) is 42.0 Å². The highest BCUT2D eigenvalue weighted by Crippen LogP contribution is 2.24. The Morgan fingerprint density at radius 3 is 2.85 bits per heavy atom. The first-order valence-electron chi connectivity index (χ1n) is 8.67. The summed E-state index contributed by atoms with van der Waals surface area (Å²) in [7, 11) is 1.35. The second-order valence-electron chi connectivity index (χ2n) is 6.54. The van der Waals surface area contributed by atoms with Gasteiger partial charge in [0, 0.05) is 29.9 Å². The van der Waals surface area contributed by atoms with Crippen molar-refractivity contribution in [3.8, 4) is 0 Å². The number of esters is 1. The number of methoxy groups -OCH3 is 1. The number of aryl methyl sites for hydroxylation is 1. The number of nitrogens with one attached hydrogen (secondary N) is 2. The van der Waals surface area contributed by atoms with Gasteiger partial charge < -0.3 is 15.0 Å². The van der Waals surface area contributed by atoms with Crippen LogP contribution in [-0.2, 0) is 40.0 Å². The fraction of sp³-hybridized carbons (Fsp3) is 0.350. The molecular formula is C20H22N2O4. The van der Waals surface area contributed by atoms with E-state index in [1.165, 1.54) is 18.2 Å². The van der Waals surface area contributed by atoms with Crippen LogP contribution in [0, 0.1) is 0 Å². The molecule has 2 N–H and O–H groups in total. The van der Waals surface area contributed by atoms with Gasteiger partial charge in [-0.15, -0.1) is 0 Å². The SMILES string of the molecule is COC(=O)CCc1[nH]ccc1C(=O)Cc1ccc2c(c1)CC(NC=O)C2. The lowest BCUT2D eigenvalue weighted by molar-refractivity contribution is -0.140. The highest BCUT2D eigenvalue weighted by atomic mass is 16.5. The van der Waals surface area contributed by atoms with E-state index in [2.05, 4.69) is 21.1 Å². The Balaban J connectivity index is 1.66. The maximum atomic E-state index is 12.7. The van der Waals surface area contributed by atoms with Gasteiger partial charge in [-0.25, -0.2) is 0 Å². The predicted octanol–water partition coefficient (Wildman–Crippen LogP) is 1.76. The third kappa shape index (κ3) is 4.02. The van der Waals surface area contributed by atoms with Crippen LogP contribution in [0.1, 0.15) is 39.2 Å². The number of amides is 1. The molecule has 0 saturated heterocycles. The number of carbonyl (C=O) groups is 3. The van der Waals surface area contributed by atoms with Crippen molar-refractivity contribution in [3.05, 3.63) is 58.4 Å². The van der Waals surface area contributed by atoms with Crippen LogP contribution in [0.5, 0.6) is 0 Å². The summed E-state index contributed by atoms with van der Waals surface area (Å²) in [4.78, 5) is 37.7. The summed E-state index contributed by atoms with van der Waals surface area (Å²) in [6.45, 7) is 0. The van der Waals surface area contributed by atoms with Crippen molar-refractivity contribution in [2.75, 3.05) is 7.11 Å². The number of hydrogen-bond acceptors (Lipinski definition) is 4. The molecule has 136 valence electrons. The van der Waals surface area contributed by atoms with E-state index in [4.69, 9.17) is 0 Å². The molecule has 0 saturated carbocycles. The fourth-order valence-electron chi connectivity index (χ4n) is 3.48. The van der Waals surface area contributed by atoms with Crippen LogP contribution in [0.2, 0.25) is 0 Å². The van der Waals surface area contributed by atoms with Crippen molar-refractivity contribution in [2.24, 2.45) is 0 Å². The summed E-state index contributed by atoms with van der Waals surface area (Å²) >= 11 is 0. The summed E-state index contributed by atoms with van der Waals surface area (Å²) in [5.74, 6) is -0.276. The second-order valence-corrected chi connectivity index (χ2v) is 6.54. The standard InChI is InChI=1S/C20H22N2O4/c1-26-20(25)5-4-18-17(6-7-21-18)19(24)9-13-2-3-14-10-16(22-12-23)11-15(14)8-13/h2-3,6-8,12,16,21H,4-5,9-11H2,1H3,(H,22,23). The Bertz CT molecular complexity index is 825. The molecule has 1 aliphatic carbocycles. The first kappa shape index (κ1) is 17.9. The molecular weight excluding hydrogens is 332 g/mol. The zero-order valence-electron chi connectivity index (χ0n) is 14.7. The number of rotatable bonds is 8. The molecule has 1 aromatic carbocycles. The van der Waals surface area contributed by atoms with Crippen molar-refractivity contribution in [3.63, 3.8) is 0 Å². The van der Waals surface area contributed by atoms with Gasteiger partial charge in [-0.2, -0.15) is 0 Å². The lowest BCUT2D eigenvalue weighted by Crippen LogP contribution is -2.27. The van der Waals surface area contributed by atoms with Crippen molar-refractivity contribution in [2.45, 2.75) is 38.1 Å². The number of carbonyl (C=O) groups excluding carboxylic acids is 3. The quantitative estimate of drug-likeness (QED) is 0.429. The minimum absolute atomic E-state index is 0.0200. The Labute approximate surface area is 151 Å². The minimum atomic E-state index is -0.296.